The van der Waals surface area contributed by atoms with E-state index in [1.807, 2.05) is 13.0 Å². The number of nitrogens with one attached hydrogen (secondary N) is 1. The number of anilines is 1. The van der Waals surface area contributed by atoms with Crippen molar-refractivity contribution < 1.29 is 9.52 Å². The molecule has 0 spiro atoms. The first-order chi connectivity index (χ1) is 12.6. The summed E-state index contributed by atoms with van der Waals surface area (Å²) in [6.45, 7) is 3.52. The minimum atomic E-state index is 0.0687. The molecule has 0 unspecified atom stereocenters. The van der Waals surface area contributed by atoms with Gasteiger partial charge in [-0.25, -0.2) is 0 Å². The summed E-state index contributed by atoms with van der Waals surface area (Å²) < 4.78 is 0.849. The van der Waals surface area contributed by atoms with E-state index in [9.17, 15) is 10.0 Å². The van der Waals surface area contributed by atoms with Crippen LogP contribution in [-0.2, 0) is 11.2 Å². The molecule has 1 N–H and O–H groups in total. The third kappa shape index (κ3) is 3.98. The highest BCUT2D eigenvalue weighted by atomic mass is 16.5. The van der Waals surface area contributed by atoms with Gasteiger partial charge in [-0.05, 0) is 49.3 Å². The fourth-order valence-electron chi connectivity index (χ4n) is 3.75. The number of nitrogens with zero attached hydrogens (tertiary/aromatic N) is 2. The van der Waals surface area contributed by atoms with Gasteiger partial charge in [0, 0.05) is 24.7 Å². The summed E-state index contributed by atoms with van der Waals surface area (Å²) in [7, 11) is 0. The first kappa shape index (κ1) is 16.9. The van der Waals surface area contributed by atoms with Crippen LogP contribution in [-0.4, -0.2) is 25.0 Å². The normalized spacial score (nSPS) is 19.6. The van der Waals surface area contributed by atoms with E-state index in [1.54, 1.807) is 12.4 Å². The number of hydrogen-bond donors (Lipinski definition) is 1. The second kappa shape index (κ2) is 6.98. The first-order valence-corrected chi connectivity index (χ1v) is 9.40. The maximum atomic E-state index is 12.4. The molecule has 5 heteroatoms. The predicted molar refractivity (Wildman–Crippen MR) is 101 cm³/mol. The lowest BCUT2D eigenvalue weighted by atomic mass is 10.1. The lowest BCUT2D eigenvalue weighted by Crippen LogP contribution is -2.38. The second-order valence-electron chi connectivity index (χ2n) is 7.62. The number of carbonyl (C=O) groups is 1. The van der Waals surface area contributed by atoms with Crippen LogP contribution in [0.4, 0.5) is 5.69 Å². The third-order valence-electron chi connectivity index (χ3n) is 5.28. The van der Waals surface area contributed by atoms with Crippen LogP contribution in [0.2, 0.25) is 0 Å². The largest absolute Gasteiger partial charge is 0.619 e. The van der Waals surface area contributed by atoms with Crippen molar-refractivity contribution in [3.8, 4) is 0 Å². The van der Waals surface area contributed by atoms with Crippen molar-refractivity contribution in [3.63, 3.8) is 0 Å². The predicted octanol–water partition coefficient (Wildman–Crippen LogP) is 2.44. The smallest absolute Gasteiger partial charge is 0.224 e. The second-order valence-corrected chi connectivity index (χ2v) is 7.62. The van der Waals surface area contributed by atoms with Crippen LogP contribution >= 0.6 is 0 Å². The van der Waals surface area contributed by atoms with Crippen molar-refractivity contribution in [2.75, 3.05) is 18.0 Å². The topological polar surface area (TPSA) is 59.3 Å². The van der Waals surface area contributed by atoms with Gasteiger partial charge in [-0.1, -0.05) is 24.3 Å². The quantitative estimate of drug-likeness (QED) is 0.665. The molecule has 2 aliphatic rings. The molecule has 1 aliphatic heterocycles. The minimum Gasteiger partial charge on any atom is -0.619 e. The Morgan fingerprint density at radius 3 is 2.69 bits per heavy atom. The van der Waals surface area contributed by atoms with Gasteiger partial charge in [0.25, 0.3) is 0 Å². The molecular weight excluding hydrogens is 326 g/mol. The molecule has 5 nitrogen and oxygen atoms in total. The van der Waals surface area contributed by atoms with Crippen LogP contribution in [0, 0.1) is 12.1 Å². The summed E-state index contributed by atoms with van der Waals surface area (Å²) in [6, 6.07) is 10.6. The van der Waals surface area contributed by atoms with Crippen LogP contribution in [0.25, 0.3) is 0 Å². The Labute approximate surface area is 154 Å². The average molecular weight is 351 g/mol. The molecule has 0 radical (unpaired) electrons. The molecule has 0 bridgehead atoms. The first-order valence-electron chi connectivity index (χ1n) is 9.40. The fraction of sp³-hybridized carbons (Fsp3) is 0.429. The highest BCUT2D eigenvalue weighted by Crippen LogP contribution is 2.39. The summed E-state index contributed by atoms with van der Waals surface area (Å²) in [4.78, 5) is 14.5. The number of hydrogen-bond acceptors (Lipinski definition) is 3. The van der Waals surface area contributed by atoms with Crippen LogP contribution in [0.3, 0.4) is 0 Å². The van der Waals surface area contributed by atoms with Gasteiger partial charge in [0.15, 0.2) is 6.20 Å². The van der Waals surface area contributed by atoms with Crippen LogP contribution in [0.15, 0.2) is 42.7 Å². The maximum Gasteiger partial charge on any atom is 0.224 e. The summed E-state index contributed by atoms with van der Waals surface area (Å²) in [5.74, 6) is 0.816. The van der Waals surface area contributed by atoms with Crippen LogP contribution in [0.5, 0.6) is 0 Å². The molecule has 26 heavy (non-hydrogen) atoms. The third-order valence-corrected chi connectivity index (χ3v) is 5.28. The van der Waals surface area contributed by atoms with Crippen LogP contribution < -0.4 is 14.9 Å². The molecule has 2 aromatic rings. The van der Waals surface area contributed by atoms with Gasteiger partial charge in [-0.3, -0.25) is 4.79 Å². The van der Waals surface area contributed by atoms with Crippen molar-refractivity contribution in [3.05, 3.63) is 64.6 Å². The zero-order valence-corrected chi connectivity index (χ0v) is 15.1. The number of aryl methyl sites for hydroxylation is 1. The van der Waals surface area contributed by atoms with E-state index < -0.39 is 0 Å². The highest BCUT2D eigenvalue weighted by Gasteiger charge is 2.26. The van der Waals surface area contributed by atoms with Gasteiger partial charge in [0.05, 0.1) is 6.42 Å². The lowest BCUT2D eigenvalue weighted by Gasteiger charge is -2.18. The van der Waals surface area contributed by atoms with E-state index in [2.05, 4.69) is 34.5 Å². The lowest BCUT2D eigenvalue weighted by molar-refractivity contribution is -0.605. The maximum absolute atomic E-state index is 12.4. The molecule has 136 valence electrons. The van der Waals surface area contributed by atoms with Crippen molar-refractivity contribution in [2.24, 2.45) is 0 Å². The Hall–Kier alpha value is -2.56. The monoisotopic (exact) mass is 351 g/mol. The Balaban J connectivity index is 1.30. The molecule has 2 fully saturated rings. The summed E-state index contributed by atoms with van der Waals surface area (Å²) in [5, 5.41) is 14.8. The van der Waals surface area contributed by atoms with Gasteiger partial charge in [-0.15, -0.1) is 0 Å². The number of benzene rings is 1. The molecule has 1 aromatic carbocycles. The fourth-order valence-corrected chi connectivity index (χ4v) is 3.75. The Morgan fingerprint density at radius 2 is 2.00 bits per heavy atom. The van der Waals surface area contributed by atoms with Gasteiger partial charge >= 0.3 is 0 Å². The zero-order valence-electron chi connectivity index (χ0n) is 15.1. The molecule has 1 saturated heterocycles. The van der Waals surface area contributed by atoms with Crippen molar-refractivity contribution in [2.45, 2.75) is 44.6 Å². The SMILES string of the molecule is Cc1cc(N2CC[C@@H](NC(=O)Cc3ccc(C4CC4)cc3)C2)c[n+]([O-])c1. The zero-order chi connectivity index (χ0) is 18.1. The van der Waals surface area contributed by atoms with Crippen molar-refractivity contribution in [1.82, 2.24) is 5.32 Å². The van der Waals surface area contributed by atoms with E-state index in [-0.39, 0.29) is 11.9 Å². The molecule has 1 aromatic heterocycles. The molecular formula is C21H25N3O2. The van der Waals surface area contributed by atoms with Gasteiger partial charge in [0.2, 0.25) is 12.1 Å². The van der Waals surface area contributed by atoms with E-state index in [4.69, 9.17) is 0 Å². The standard InChI is InChI=1S/C21H25N3O2/c1-15-10-20(14-24(26)12-15)23-9-8-19(13-23)22-21(25)11-16-2-4-17(5-3-16)18-6-7-18/h2-5,10,12,14,18-19H,6-9,11,13H2,1H3,(H,22,25)/t19-/m1/s1. The Kier molecular flexibility index (Phi) is 4.53. The summed E-state index contributed by atoms with van der Waals surface area (Å²) in [5.41, 5.74) is 4.33. The summed E-state index contributed by atoms with van der Waals surface area (Å²) >= 11 is 0. The highest BCUT2D eigenvalue weighted by molar-refractivity contribution is 5.79. The van der Waals surface area contributed by atoms with E-state index >= 15 is 0 Å². The van der Waals surface area contributed by atoms with Gasteiger partial charge in [-0.2, -0.15) is 4.73 Å². The number of carbonyl (C=O) groups excluding carboxylic acids is 1. The molecule has 2 heterocycles. The Morgan fingerprint density at radius 1 is 1.23 bits per heavy atom. The molecule has 4 rings (SSSR count). The van der Waals surface area contributed by atoms with E-state index in [0.29, 0.717) is 6.42 Å². The number of aromatic nitrogens is 1. The average Bonchev–Trinajstić information content (AvgIpc) is 3.34. The summed E-state index contributed by atoms with van der Waals surface area (Å²) in [6.07, 6.45) is 7.08. The van der Waals surface area contributed by atoms with Gasteiger partial charge in [0.1, 0.15) is 5.69 Å². The molecule has 1 amide bonds. The van der Waals surface area contributed by atoms with Crippen molar-refractivity contribution >= 4 is 11.6 Å². The minimum absolute atomic E-state index is 0.0687. The Bertz CT molecular complexity index is 779. The van der Waals surface area contributed by atoms with Gasteiger partial charge < -0.3 is 15.4 Å². The number of pyridine rings is 1. The molecule has 1 saturated carbocycles. The van der Waals surface area contributed by atoms with Crippen LogP contribution in [0.1, 0.15) is 41.9 Å². The molecule has 1 atom stereocenters. The van der Waals surface area contributed by atoms with Crippen molar-refractivity contribution in [1.29, 1.82) is 0 Å². The number of rotatable bonds is 5. The number of amides is 1. The van der Waals surface area contributed by atoms with E-state index in [0.717, 1.165) is 47.0 Å². The van der Waals surface area contributed by atoms with E-state index in [1.165, 1.54) is 18.4 Å². The molecule has 1 aliphatic carbocycles.